The van der Waals surface area contributed by atoms with Crippen LogP contribution in [0.2, 0.25) is 5.02 Å². The molecule has 0 radical (unpaired) electrons. The van der Waals surface area contributed by atoms with Crippen LogP contribution < -0.4 is 0 Å². The third-order valence-corrected chi connectivity index (χ3v) is 3.81. The van der Waals surface area contributed by atoms with Crippen LogP contribution >= 0.6 is 11.6 Å². The molecule has 3 nitrogen and oxygen atoms in total. The average molecular weight is 300 g/mol. The Morgan fingerprint density at radius 3 is 2.29 bits per heavy atom. The van der Waals surface area contributed by atoms with Gasteiger partial charge in [0.15, 0.2) is 0 Å². The summed E-state index contributed by atoms with van der Waals surface area (Å²) in [6, 6.07) is 15.4. The fraction of sp³-hybridized carbons (Fsp3) is 0.0588. The van der Waals surface area contributed by atoms with Gasteiger partial charge < -0.3 is 15.2 Å². The maximum atomic E-state index is 10.1. The highest BCUT2D eigenvalue weighted by Crippen LogP contribution is 2.43. The van der Waals surface area contributed by atoms with Crippen molar-refractivity contribution in [2.75, 3.05) is 0 Å². The number of aromatic amines is 1. The van der Waals surface area contributed by atoms with Crippen LogP contribution in [0.25, 0.3) is 22.3 Å². The lowest BCUT2D eigenvalue weighted by Crippen LogP contribution is -1.83. The van der Waals surface area contributed by atoms with E-state index in [2.05, 4.69) is 4.98 Å². The highest BCUT2D eigenvalue weighted by atomic mass is 35.5. The number of H-pyrrole nitrogens is 1. The molecular formula is C17H14ClNO2. The van der Waals surface area contributed by atoms with Crippen LogP contribution in [-0.2, 0) is 0 Å². The summed E-state index contributed by atoms with van der Waals surface area (Å²) in [5.41, 5.74) is 3.44. The lowest BCUT2D eigenvalue weighted by Gasteiger charge is -2.08. The van der Waals surface area contributed by atoms with E-state index in [1.165, 1.54) is 0 Å². The number of benzene rings is 2. The molecule has 0 spiro atoms. The highest BCUT2D eigenvalue weighted by molar-refractivity contribution is 6.33. The normalized spacial score (nSPS) is 10.8. The quantitative estimate of drug-likeness (QED) is 0.641. The van der Waals surface area contributed by atoms with Gasteiger partial charge in [0.1, 0.15) is 5.75 Å². The molecule has 3 aromatic rings. The molecule has 0 atom stereocenters. The molecule has 1 aromatic heterocycles. The average Bonchev–Trinajstić information content (AvgIpc) is 2.74. The third-order valence-electron chi connectivity index (χ3n) is 3.48. The zero-order valence-electron chi connectivity index (χ0n) is 11.4. The van der Waals surface area contributed by atoms with Gasteiger partial charge in [0.2, 0.25) is 5.88 Å². The van der Waals surface area contributed by atoms with E-state index in [-0.39, 0.29) is 11.6 Å². The Balaban J connectivity index is 2.20. The van der Waals surface area contributed by atoms with Crippen molar-refractivity contribution in [1.82, 2.24) is 4.98 Å². The van der Waals surface area contributed by atoms with E-state index >= 15 is 0 Å². The van der Waals surface area contributed by atoms with Crippen LogP contribution in [0, 0.1) is 6.92 Å². The molecule has 0 aliphatic rings. The van der Waals surface area contributed by atoms with Crippen LogP contribution in [0.1, 0.15) is 5.69 Å². The highest BCUT2D eigenvalue weighted by Gasteiger charge is 2.18. The summed E-state index contributed by atoms with van der Waals surface area (Å²) in [5.74, 6) is -0.0725. The van der Waals surface area contributed by atoms with Crippen molar-refractivity contribution in [3.8, 4) is 33.9 Å². The Kier molecular flexibility index (Phi) is 3.35. The molecule has 0 aliphatic carbocycles. The summed E-state index contributed by atoms with van der Waals surface area (Å²) >= 11 is 6.24. The summed E-state index contributed by atoms with van der Waals surface area (Å²) in [4.78, 5) is 2.71. The van der Waals surface area contributed by atoms with Gasteiger partial charge in [-0.25, -0.2) is 0 Å². The maximum absolute atomic E-state index is 10.1. The predicted molar refractivity (Wildman–Crippen MR) is 84.7 cm³/mol. The lowest BCUT2D eigenvalue weighted by atomic mass is 9.99. The molecule has 4 heteroatoms. The largest absolute Gasteiger partial charge is 0.505 e. The minimum absolute atomic E-state index is 0.0135. The summed E-state index contributed by atoms with van der Waals surface area (Å²) in [7, 11) is 0. The number of aromatic hydroxyl groups is 2. The zero-order chi connectivity index (χ0) is 15.0. The number of aryl methyl sites for hydroxylation is 1. The van der Waals surface area contributed by atoms with Gasteiger partial charge in [-0.1, -0.05) is 48.0 Å². The Labute approximate surface area is 127 Å². The Bertz CT molecular complexity index is 794. The van der Waals surface area contributed by atoms with Crippen molar-refractivity contribution >= 4 is 11.6 Å². The van der Waals surface area contributed by atoms with Gasteiger partial charge in [-0.15, -0.1) is 0 Å². The van der Waals surface area contributed by atoms with Gasteiger partial charge in [0.05, 0.1) is 11.3 Å². The predicted octanol–water partition coefficient (Wildman–Crippen LogP) is 4.72. The first-order valence-electron chi connectivity index (χ1n) is 6.53. The molecule has 106 valence electrons. The van der Waals surface area contributed by atoms with E-state index in [0.29, 0.717) is 21.8 Å². The van der Waals surface area contributed by atoms with Crippen LogP contribution in [-0.4, -0.2) is 15.2 Å². The number of hydrogen-bond donors (Lipinski definition) is 3. The van der Waals surface area contributed by atoms with Crippen LogP contribution in [0.3, 0.4) is 0 Å². The van der Waals surface area contributed by atoms with Crippen molar-refractivity contribution < 1.29 is 10.2 Å². The molecule has 0 amide bonds. The number of rotatable bonds is 2. The van der Waals surface area contributed by atoms with Crippen molar-refractivity contribution in [2.45, 2.75) is 6.92 Å². The molecule has 0 aliphatic heterocycles. The van der Waals surface area contributed by atoms with Gasteiger partial charge in [-0.05, 0) is 30.2 Å². The van der Waals surface area contributed by atoms with Gasteiger partial charge in [-0.3, -0.25) is 0 Å². The van der Waals surface area contributed by atoms with Gasteiger partial charge in [0, 0.05) is 10.6 Å². The van der Waals surface area contributed by atoms with Crippen LogP contribution in [0.15, 0.2) is 48.5 Å². The molecule has 3 N–H and O–H groups in total. The molecule has 0 bridgehead atoms. The summed E-state index contributed by atoms with van der Waals surface area (Å²) in [5, 5.41) is 20.6. The van der Waals surface area contributed by atoms with Crippen molar-refractivity contribution in [3.63, 3.8) is 0 Å². The zero-order valence-corrected chi connectivity index (χ0v) is 12.1. The minimum Gasteiger partial charge on any atom is -0.505 e. The third kappa shape index (κ3) is 2.36. The summed E-state index contributed by atoms with van der Waals surface area (Å²) < 4.78 is 0. The second-order valence-corrected chi connectivity index (χ2v) is 5.29. The first-order chi connectivity index (χ1) is 10.1. The van der Waals surface area contributed by atoms with Crippen molar-refractivity contribution in [2.24, 2.45) is 0 Å². The first-order valence-corrected chi connectivity index (χ1v) is 6.91. The molecule has 21 heavy (non-hydrogen) atoms. The Morgan fingerprint density at radius 1 is 0.952 bits per heavy atom. The van der Waals surface area contributed by atoms with Gasteiger partial charge in [0.25, 0.3) is 0 Å². The summed E-state index contributed by atoms with van der Waals surface area (Å²) in [6.07, 6.45) is 0. The molecular weight excluding hydrogens is 286 g/mol. The van der Waals surface area contributed by atoms with E-state index < -0.39 is 0 Å². The SMILES string of the molecule is Cc1[nH]c(O)c(-c2cc(-c3ccccc3)ccc2Cl)c1O. The van der Waals surface area contributed by atoms with Gasteiger partial charge >= 0.3 is 0 Å². The van der Waals surface area contributed by atoms with Crippen LogP contribution in [0.5, 0.6) is 11.6 Å². The fourth-order valence-electron chi connectivity index (χ4n) is 2.38. The second-order valence-electron chi connectivity index (χ2n) is 4.88. The Hall–Kier alpha value is -2.39. The first kappa shape index (κ1) is 13.6. The van der Waals surface area contributed by atoms with E-state index in [9.17, 15) is 10.2 Å². The molecule has 0 unspecified atom stereocenters. The Morgan fingerprint density at radius 2 is 1.67 bits per heavy atom. The molecule has 0 fully saturated rings. The number of halogens is 1. The minimum atomic E-state index is -0.0860. The van der Waals surface area contributed by atoms with E-state index in [4.69, 9.17) is 11.6 Å². The second kappa shape index (κ2) is 5.19. The lowest BCUT2D eigenvalue weighted by molar-refractivity contribution is 0.455. The fourth-order valence-corrected chi connectivity index (χ4v) is 2.59. The van der Waals surface area contributed by atoms with Crippen molar-refractivity contribution in [1.29, 1.82) is 0 Å². The van der Waals surface area contributed by atoms with E-state index in [0.717, 1.165) is 11.1 Å². The standard InChI is InChI=1S/C17H14ClNO2/c1-10-16(20)15(17(21)19-10)13-9-12(7-8-14(13)18)11-5-3-2-4-6-11/h2-9,19-21H,1H3. The molecule has 2 aromatic carbocycles. The van der Waals surface area contributed by atoms with Gasteiger partial charge in [-0.2, -0.15) is 0 Å². The molecule has 0 saturated heterocycles. The molecule has 0 saturated carbocycles. The summed E-state index contributed by atoms with van der Waals surface area (Å²) in [6.45, 7) is 1.69. The van der Waals surface area contributed by atoms with E-state index in [1.54, 1.807) is 13.0 Å². The smallest absolute Gasteiger partial charge is 0.200 e. The van der Waals surface area contributed by atoms with E-state index in [1.807, 2.05) is 42.5 Å². The monoisotopic (exact) mass is 299 g/mol. The molecule has 1 heterocycles. The molecule has 3 rings (SSSR count). The number of hydrogen-bond acceptors (Lipinski definition) is 2. The topological polar surface area (TPSA) is 56.2 Å². The maximum Gasteiger partial charge on any atom is 0.200 e. The number of nitrogens with one attached hydrogen (secondary N) is 1. The van der Waals surface area contributed by atoms with Crippen LogP contribution in [0.4, 0.5) is 0 Å². The van der Waals surface area contributed by atoms with Crippen molar-refractivity contribution in [3.05, 3.63) is 59.2 Å². The number of aromatic nitrogens is 1.